The van der Waals surface area contributed by atoms with E-state index in [2.05, 4.69) is 20.2 Å². The maximum absolute atomic E-state index is 13.9. The second-order valence-electron chi connectivity index (χ2n) is 5.45. The topological polar surface area (TPSA) is 100 Å². The molecule has 4 N–H and O–H groups in total. The van der Waals surface area contributed by atoms with Crippen LogP contribution in [0, 0.1) is 12.7 Å². The largest absolute Gasteiger partial charge is 0.394 e. The van der Waals surface area contributed by atoms with Crippen molar-refractivity contribution in [3.05, 3.63) is 51.3 Å². The van der Waals surface area contributed by atoms with Crippen LogP contribution in [0.25, 0.3) is 33.1 Å². The molecule has 4 rings (SSSR count). The number of hydrogen-bond acceptors (Lipinski definition) is 4. The monoisotopic (exact) mass is 343 g/mol. The molecule has 3 heterocycles. The zero-order valence-electron chi connectivity index (χ0n) is 12.4. The van der Waals surface area contributed by atoms with Crippen molar-refractivity contribution in [3.63, 3.8) is 0 Å². The van der Waals surface area contributed by atoms with E-state index in [0.29, 0.717) is 38.1 Å². The lowest BCUT2D eigenvalue weighted by atomic mass is 9.98. The van der Waals surface area contributed by atoms with Gasteiger partial charge in [-0.05, 0) is 24.1 Å². The number of anilines is 1. The van der Waals surface area contributed by atoms with Gasteiger partial charge in [-0.15, -0.1) is 0 Å². The molecule has 8 heteroatoms. The van der Waals surface area contributed by atoms with E-state index in [1.165, 1.54) is 18.5 Å². The van der Waals surface area contributed by atoms with Gasteiger partial charge < -0.3 is 10.7 Å². The molecule has 0 spiro atoms. The molecule has 3 aromatic heterocycles. The molecule has 0 saturated carbocycles. The smallest absolute Gasteiger partial charge is 0.272 e. The summed E-state index contributed by atoms with van der Waals surface area (Å²) in [6, 6.07) is 2.86. The Kier molecular flexibility index (Phi) is 3.07. The van der Waals surface area contributed by atoms with Crippen molar-refractivity contribution in [2.45, 2.75) is 6.92 Å². The Morgan fingerprint density at radius 2 is 2.04 bits per heavy atom. The lowest BCUT2D eigenvalue weighted by molar-refractivity contribution is 0.636. The van der Waals surface area contributed by atoms with Crippen LogP contribution in [-0.2, 0) is 0 Å². The predicted molar refractivity (Wildman–Crippen MR) is 91.6 cm³/mol. The number of pyridine rings is 2. The molecule has 24 heavy (non-hydrogen) atoms. The lowest BCUT2D eigenvalue weighted by Crippen LogP contribution is -2.14. The van der Waals surface area contributed by atoms with Crippen LogP contribution in [0.2, 0.25) is 5.02 Å². The number of aryl methyl sites for hydroxylation is 1. The van der Waals surface area contributed by atoms with Gasteiger partial charge >= 0.3 is 0 Å². The summed E-state index contributed by atoms with van der Waals surface area (Å²) in [5, 5.41) is 7.43. The highest BCUT2D eigenvalue weighted by Crippen LogP contribution is 2.36. The van der Waals surface area contributed by atoms with Crippen LogP contribution in [0.1, 0.15) is 5.56 Å². The van der Waals surface area contributed by atoms with Gasteiger partial charge in [0, 0.05) is 17.1 Å². The van der Waals surface area contributed by atoms with Crippen LogP contribution >= 0.6 is 11.6 Å². The van der Waals surface area contributed by atoms with Crippen molar-refractivity contribution in [3.8, 4) is 11.1 Å². The van der Waals surface area contributed by atoms with Crippen molar-refractivity contribution in [1.82, 2.24) is 20.2 Å². The molecular formula is C16H11ClFN5O. The number of hydrogen-bond donors (Lipinski definition) is 3. The fraction of sp³-hybridized carbons (Fsp3) is 0.0625. The molecule has 0 aliphatic heterocycles. The molecule has 0 fully saturated rings. The van der Waals surface area contributed by atoms with E-state index in [4.69, 9.17) is 17.3 Å². The summed E-state index contributed by atoms with van der Waals surface area (Å²) in [5.74, 6) is -0.439. The lowest BCUT2D eigenvalue weighted by Gasteiger charge is -2.12. The Morgan fingerprint density at radius 1 is 1.25 bits per heavy atom. The fourth-order valence-electron chi connectivity index (χ4n) is 2.84. The molecule has 0 amide bonds. The highest BCUT2D eigenvalue weighted by molar-refractivity contribution is 6.32. The van der Waals surface area contributed by atoms with Crippen molar-refractivity contribution >= 4 is 39.2 Å². The number of nitrogen functional groups attached to an aromatic ring is 1. The van der Waals surface area contributed by atoms with Gasteiger partial charge in [0.25, 0.3) is 5.56 Å². The molecule has 0 aliphatic carbocycles. The van der Waals surface area contributed by atoms with E-state index < -0.39 is 11.4 Å². The van der Waals surface area contributed by atoms with Gasteiger partial charge in [-0.2, -0.15) is 5.10 Å². The molecule has 120 valence electrons. The minimum absolute atomic E-state index is 0.00540. The third-order valence-corrected chi connectivity index (χ3v) is 4.48. The second-order valence-corrected chi connectivity index (χ2v) is 5.86. The molecule has 0 unspecified atom stereocenters. The maximum Gasteiger partial charge on any atom is 0.272 e. The minimum atomic E-state index is -0.453. The average molecular weight is 344 g/mol. The molecule has 4 aromatic rings. The van der Waals surface area contributed by atoms with Crippen LogP contribution in [-0.4, -0.2) is 20.2 Å². The van der Waals surface area contributed by atoms with Gasteiger partial charge in [0.15, 0.2) is 0 Å². The van der Waals surface area contributed by atoms with Crippen molar-refractivity contribution in [2.24, 2.45) is 0 Å². The number of nitrogens with zero attached hydrogens (tertiary/aromatic N) is 2. The Balaban J connectivity index is 2.22. The third-order valence-electron chi connectivity index (χ3n) is 4.10. The number of nitrogens with two attached hydrogens (primary N) is 1. The highest BCUT2D eigenvalue weighted by atomic mass is 35.5. The summed E-state index contributed by atoms with van der Waals surface area (Å²) in [6.45, 7) is 1.78. The van der Waals surface area contributed by atoms with Crippen LogP contribution in [0.15, 0.2) is 29.3 Å². The zero-order chi connectivity index (χ0) is 17.0. The molecule has 0 saturated heterocycles. The minimum Gasteiger partial charge on any atom is -0.394 e. The van der Waals surface area contributed by atoms with E-state index in [9.17, 15) is 9.18 Å². The first-order valence-corrected chi connectivity index (χ1v) is 7.45. The number of halogens is 2. The van der Waals surface area contributed by atoms with Gasteiger partial charge in [-0.1, -0.05) is 17.7 Å². The van der Waals surface area contributed by atoms with E-state index in [-0.39, 0.29) is 11.2 Å². The summed E-state index contributed by atoms with van der Waals surface area (Å²) in [4.78, 5) is 19.3. The Hall–Kier alpha value is -2.93. The van der Waals surface area contributed by atoms with Crippen molar-refractivity contribution in [1.29, 1.82) is 0 Å². The molecule has 0 atom stereocenters. The first kappa shape index (κ1) is 14.6. The predicted octanol–water partition coefficient (Wildman–Crippen LogP) is 3.15. The first-order valence-electron chi connectivity index (χ1n) is 7.07. The highest BCUT2D eigenvalue weighted by Gasteiger charge is 2.19. The number of aromatic amines is 2. The van der Waals surface area contributed by atoms with Gasteiger partial charge in [-0.25, -0.2) is 4.39 Å². The SMILES string of the molecule is Cc1c(Cl)cnc2c(-c3ccc(F)c4[nH]ncc34)c(N)c(=O)[nH]c12. The van der Waals surface area contributed by atoms with Gasteiger partial charge in [0.2, 0.25) is 0 Å². The first-order chi connectivity index (χ1) is 11.5. The van der Waals surface area contributed by atoms with E-state index in [1.807, 2.05) is 0 Å². The molecule has 0 bridgehead atoms. The van der Waals surface area contributed by atoms with E-state index in [0.717, 1.165) is 0 Å². The van der Waals surface area contributed by atoms with Crippen molar-refractivity contribution in [2.75, 3.05) is 5.73 Å². The fourth-order valence-corrected chi connectivity index (χ4v) is 2.98. The van der Waals surface area contributed by atoms with Gasteiger partial charge in [-0.3, -0.25) is 14.9 Å². The number of benzene rings is 1. The van der Waals surface area contributed by atoms with Gasteiger partial charge in [0.05, 0.1) is 22.3 Å². The number of aromatic nitrogens is 4. The normalized spacial score (nSPS) is 11.5. The van der Waals surface area contributed by atoms with E-state index >= 15 is 0 Å². The average Bonchev–Trinajstić information content (AvgIpc) is 3.05. The molecular weight excluding hydrogens is 333 g/mol. The van der Waals surface area contributed by atoms with Crippen LogP contribution in [0.4, 0.5) is 10.1 Å². The standard InChI is InChI=1S/C16H11ClFN5O/c1-6-9(17)5-20-15-11(12(19)16(24)22-13(6)15)7-2-3-10(18)14-8(7)4-21-23-14/h2-5H,19H2,1H3,(H,21,23)(H,22,24). The van der Waals surface area contributed by atoms with Crippen molar-refractivity contribution < 1.29 is 4.39 Å². The van der Waals surface area contributed by atoms with Crippen LogP contribution in [0.3, 0.4) is 0 Å². The molecule has 1 aromatic carbocycles. The summed E-state index contributed by atoms with van der Waals surface area (Å²) >= 11 is 6.10. The summed E-state index contributed by atoms with van der Waals surface area (Å²) in [5.41, 5.74) is 8.49. The number of nitrogens with one attached hydrogen (secondary N) is 2. The second kappa shape index (κ2) is 5.04. The summed E-state index contributed by atoms with van der Waals surface area (Å²) in [6.07, 6.45) is 2.99. The zero-order valence-corrected chi connectivity index (χ0v) is 13.2. The molecule has 6 nitrogen and oxygen atoms in total. The Labute approximate surface area is 139 Å². The van der Waals surface area contributed by atoms with E-state index in [1.54, 1.807) is 13.0 Å². The maximum atomic E-state index is 13.9. The summed E-state index contributed by atoms with van der Waals surface area (Å²) < 4.78 is 13.9. The van der Waals surface area contributed by atoms with Crippen LogP contribution < -0.4 is 11.3 Å². The molecule has 0 radical (unpaired) electrons. The number of rotatable bonds is 1. The number of H-pyrrole nitrogens is 2. The third kappa shape index (κ3) is 1.91. The van der Waals surface area contributed by atoms with Gasteiger partial charge in [0.1, 0.15) is 17.0 Å². The quantitative estimate of drug-likeness (QED) is 0.494. The Bertz CT molecular complexity index is 1180. The molecule has 0 aliphatic rings. The number of fused-ring (bicyclic) bond motifs is 2. The Morgan fingerprint density at radius 3 is 2.83 bits per heavy atom. The van der Waals surface area contributed by atoms with Crippen LogP contribution in [0.5, 0.6) is 0 Å². The summed E-state index contributed by atoms with van der Waals surface area (Å²) in [7, 11) is 0.